The molecule has 0 N–H and O–H groups in total. The van der Waals surface area contributed by atoms with Crippen LogP contribution in [0.3, 0.4) is 0 Å². The van der Waals surface area contributed by atoms with Gasteiger partial charge in [-0.3, -0.25) is 0 Å². The molecule has 0 spiro atoms. The van der Waals surface area contributed by atoms with Gasteiger partial charge in [0.15, 0.2) is 0 Å². The molecule has 0 saturated carbocycles. The van der Waals surface area contributed by atoms with E-state index in [1.54, 1.807) is 6.07 Å². The Hall–Kier alpha value is -1.23. The number of methoxy groups -OCH3 is 1. The third-order valence-electron chi connectivity index (χ3n) is 4.10. The average molecular weight is 302 g/mol. The highest BCUT2D eigenvalue weighted by atomic mass is 19.4. The van der Waals surface area contributed by atoms with Gasteiger partial charge >= 0.3 is 6.18 Å². The van der Waals surface area contributed by atoms with Crippen molar-refractivity contribution in [3.05, 3.63) is 29.3 Å². The molecule has 0 aliphatic carbocycles. The molecule has 0 amide bonds. The molecule has 1 saturated heterocycles. The number of alkyl halides is 3. The molecule has 1 aromatic carbocycles. The summed E-state index contributed by atoms with van der Waals surface area (Å²) in [5, 5.41) is 0. The third-order valence-corrected chi connectivity index (χ3v) is 4.10. The van der Waals surface area contributed by atoms with Gasteiger partial charge in [0.1, 0.15) is 5.75 Å². The molecular weight excluding hydrogens is 281 g/mol. The minimum absolute atomic E-state index is 0.156. The van der Waals surface area contributed by atoms with Crippen molar-refractivity contribution in [2.24, 2.45) is 0 Å². The molecule has 1 aliphatic heterocycles. The second kappa shape index (κ2) is 6.26. The van der Waals surface area contributed by atoms with E-state index < -0.39 is 11.7 Å². The molecule has 0 radical (unpaired) electrons. The van der Waals surface area contributed by atoms with E-state index in [9.17, 15) is 13.2 Å². The Morgan fingerprint density at radius 1 is 1.24 bits per heavy atom. The highest BCUT2D eigenvalue weighted by molar-refractivity contribution is 5.41. The molecule has 1 aliphatic rings. The first-order valence-corrected chi connectivity index (χ1v) is 7.31. The molecule has 2 rings (SSSR count). The summed E-state index contributed by atoms with van der Waals surface area (Å²) in [6, 6.07) is 3.76. The molecule has 1 heterocycles. The Balaban J connectivity index is 2.20. The van der Waals surface area contributed by atoms with Crippen LogP contribution in [-0.2, 0) is 10.9 Å². The van der Waals surface area contributed by atoms with Crippen LogP contribution in [0.25, 0.3) is 0 Å². The normalized spacial score (nSPS) is 23.0. The van der Waals surface area contributed by atoms with Crippen molar-refractivity contribution in [1.29, 1.82) is 0 Å². The van der Waals surface area contributed by atoms with E-state index in [0.29, 0.717) is 11.9 Å². The molecule has 5 heteroatoms. The van der Waals surface area contributed by atoms with Crippen molar-refractivity contribution in [2.45, 2.75) is 57.4 Å². The highest BCUT2D eigenvalue weighted by Crippen LogP contribution is 2.41. The predicted molar refractivity (Wildman–Crippen MR) is 74.6 cm³/mol. The number of rotatable bonds is 6. The maximum atomic E-state index is 12.8. The molecule has 1 aromatic rings. The Bertz CT molecular complexity index is 485. The van der Waals surface area contributed by atoms with E-state index in [0.717, 1.165) is 37.0 Å². The lowest BCUT2D eigenvalue weighted by atomic mass is 9.89. The van der Waals surface area contributed by atoms with Crippen LogP contribution in [0.2, 0.25) is 0 Å². The molecule has 1 fully saturated rings. The molecule has 3 atom stereocenters. The van der Waals surface area contributed by atoms with Crippen molar-refractivity contribution in [1.82, 2.24) is 0 Å². The van der Waals surface area contributed by atoms with Crippen molar-refractivity contribution >= 4 is 0 Å². The Morgan fingerprint density at radius 3 is 2.43 bits per heavy atom. The molecule has 2 nitrogen and oxygen atoms in total. The van der Waals surface area contributed by atoms with E-state index in [-0.39, 0.29) is 12.0 Å². The van der Waals surface area contributed by atoms with Crippen LogP contribution < -0.4 is 4.74 Å². The standard InChI is InChI=1S/C16H21F3O2/c1-4-10(8-15-13(5-2)21-15)12-7-6-11(16(17,18)19)9-14(12)20-3/h6-7,9-10,13,15H,4-5,8H2,1-3H3. The van der Waals surface area contributed by atoms with Crippen LogP contribution in [0.1, 0.15) is 50.2 Å². The van der Waals surface area contributed by atoms with E-state index in [4.69, 9.17) is 9.47 Å². The number of hydrogen-bond donors (Lipinski definition) is 0. The Morgan fingerprint density at radius 2 is 1.95 bits per heavy atom. The van der Waals surface area contributed by atoms with Crippen LogP contribution in [0.4, 0.5) is 13.2 Å². The minimum atomic E-state index is -4.35. The topological polar surface area (TPSA) is 21.8 Å². The highest BCUT2D eigenvalue weighted by Gasteiger charge is 2.39. The summed E-state index contributed by atoms with van der Waals surface area (Å²) in [5.41, 5.74) is 0.158. The minimum Gasteiger partial charge on any atom is -0.496 e. The zero-order chi connectivity index (χ0) is 15.6. The number of benzene rings is 1. The van der Waals surface area contributed by atoms with Gasteiger partial charge in [0.2, 0.25) is 0 Å². The largest absolute Gasteiger partial charge is 0.496 e. The van der Waals surface area contributed by atoms with Crippen LogP contribution in [0.5, 0.6) is 5.75 Å². The van der Waals surface area contributed by atoms with Gasteiger partial charge in [-0.1, -0.05) is 19.9 Å². The Labute approximate surface area is 123 Å². The van der Waals surface area contributed by atoms with Crippen LogP contribution in [0.15, 0.2) is 18.2 Å². The second-order valence-electron chi connectivity index (χ2n) is 5.42. The van der Waals surface area contributed by atoms with Gasteiger partial charge in [0, 0.05) is 0 Å². The van der Waals surface area contributed by atoms with Gasteiger partial charge in [-0.05, 0) is 42.9 Å². The SMILES string of the molecule is CCC(CC1OC1CC)c1ccc(C(F)(F)F)cc1OC. The number of ether oxygens (including phenoxy) is 2. The lowest BCUT2D eigenvalue weighted by Crippen LogP contribution is -2.09. The van der Waals surface area contributed by atoms with Crippen LogP contribution >= 0.6 is 0 Å². The van der Waals surface area contributed by atoms with Crippen molar-refractivity contribution in [3.8, 4) is 5.75 Å². The second-order valence-corrected chi connectivity index (χ2v) is 5.42. The fourth-order valence-corrected chi connectivity index (χ4v) is 2.76. The molecule has 3 unspecified atom stereocenters. The van der Waals surface area contributed by atoms with Gasteiger partial charge in [0.25, 0.3) is 0 Å². The maximum Gasteiger partial charge on any atom is 0.416 e. The first-order chi connectivity index (χ1) is 9.90. The molecule has 0 bridgehead atoms. The summed E-state index contributed by atoms with van der Waals surface area (Å²) >= 11 is 0. The lowest BCUT2D eigenvalue weighted by molar-refractivity contribution is -0.137. The number of epoxide rings is 1. The van der Waals surface area contributed by atoms with Gasteiger partial charge in [-0.15, -0.1) is 0 Å². The van der Waals surface area contributed by atoms with Gasteiger partial charge in [-0.2, -0.15) is 13.2 Å². The fourth-order valence-electron chi connectivity index (χ4n) is 2.76. The van der Waals surface area contributed by atoms with Gasteiger partial charge in [-0.25, -0.2) is 0 Å². The first-order valence-electron chi connectivity index (χ1n) is 7.31. The molecule has 21 heavy (non-hydrogen) atoms. The van der Waals surface area contributed by atoms with Gasteiger partial charge in [0.05, 0.1) is 24.9 Å². The average Bonchev–Trinajstić information content (AvgIpc) is 3.21. The summed E-state index contributed by atoms with van der Waals surface area (Å²) < 4.78 is 49.0. The zero-order valence-electron chi connectivity index (χ0n) is 12.5. The van der Waals surface area contributed by atoms with E-state index in [1.807, 2.05) is 6.92 Å². The number of hydrogen-bond acceptors (Lipinski definition) is 2. The summed E-state index contributed by atoms with van der Waals surface area (Å²) in [7, 11) is 1.41. The zero-order valence-corrected chi connectivity index (χ0v) is 12.5. The summed E-state index contributed by atoms with van der Waals surface area (Å²) in [4.78, 5) is 0. The molecular formula is C16H21F3O2. The summed E-state index contributed by atoms with van der Waals surface area (Å²) in [6.07, 6.45) is -1.16. The molecule has 0 aromatic heterocycles. The predicted octanol–water partition coefficient (Wildman–Crippen LogP) is 4.78. The van der Waals surface area contributed by atoms with E-state index in [2.05, 4.69) is 6.92 Å². The quantitative estimate of drug-likeness (QED) is 0.706. The lowest BCUT2D eigenvalue weighted by Gasteiger charge is -2.19. The van der Waals surface area contributed by atoms with Crippen LogP contribution in [-0.4, -0.2) is 19.3 Å². The van der Waals surface area contributed by atoms with Crippen molar-refractivity contribution in [3.63, 3.8) is 0 Å². The maximum absolute atomic E-state index is 12.8. The number of halogens is 3. The summed E-state index contributed by atoms with van der Waals surface area (Å²) in [6.45, 7) is 4.11. The molecule has 118 valence electrons. The monoisotopic (exact) mass is 302 g/mol. The summed E-state index contributed by atoms with van der Waals surface area (Å²) in [5.74, 6) is 0.467. The fraction of sp³-hybridized carbons (Fsp3) is 0.625. The van der Waals surface area contributed by atoms with E-state index in [1.165, 1.54) is 7.11 Å². The smallest absolute Gasteiger partial charge is 0.416 e. The Kier molecular flexibility index (Phi) is 4.81. The van der Waals surface area contributed by atoms with Crippen molar-refractivity contribution < 1.29 is 22.6 Å². The first kappa shape index (κ1) is 16.1. The van der Waals surface area contributed by atoms with Crippen LogP contribution in [0, 0.1) is 0 Å². The van der Waals surface area contributed by atoms with Crippen molar-refractivity contribution in [2.75, 3.05) is 7.11 Å². The third kappa shape index (κ3) is 3.70. The van der Waals surface area contributed by atoms with Gasteiger partial charge < -0.3 is 9.47 Å². The van der Waals surface area contributed by atoms with E-state index >= 15 is 0 Å².